The second-order valence-corrected chi connectivity index (χ2v) is 5.45. The summed E-state index contributed by atoms with van der Waals surface area (Å²) in [6.45, 7) is 5.05. The lowest BCUT2D eigenvalue weighted by Gasteiger charge is -2.23. The molecule has 104 valence electrons. The molecule has 1 heterocycles. The number of hydrogen-bond acceptors (Lipinski definition) is 3. The maximum absolute atomic E-state index is 12.0. The van der Waals surface area contributed by atoms with Gasteiger partial charge in [-0.25, -0.2) is 0 Å². The summed E-state index contributed by atoms with van der Waals surface area (Å²) >= 11 is 5.84. The number of hydrogen-bond donors (Lipinski definition) is 2. The van der Waals surface area contributed by atoms with E-state index in [-0.39, 0.29) is 5.91 Å². The molecule has 1 aromatic rings. The van der Waals surface area contributed by atoms with E-state index in [9.17, 15) is 4.79 Å². The highest BCUT2D eigenvalue weighted by Gasteiger charge is 2.18. The molecule has 0 aromatic heterocycles. The van der Waals surface area contributed by atoms with Crippen LogP contribution in [0.3, 0.4) is 0 Å². The molecule has 1 atom stereocenters. The SMILES string of the molecule is CC(CNC(=O)c1ccc(Cl)c(N)c1)N1CCCC1. The standard InChI is InChI=1S/C14H20ClN3O/c1-10(18-6-2-3-7-18)9-17-14(19)11-4-5-12(15)13(16)8-11/h4-5,8,10H,2-3,6-7,9,16H2,1H3,(H,17,19). The van der Waals surface area contributed by atoms with Gasteiger partial charge in [0, 0.05) is 18.2 Å². The number of carbonyl (C=O) groups excluding carboxylic acids is 1. The first-order valence-corrected chi connectivity index (χ1v) is 7.03. The van der Waals surface area contributed by atoms with Crippen molar-refractivity contribution in [3.8, 4) is 0 Å². The molecule has 1 fully saturated rings. The summed E-state index contributed by atoms with van der Waals surface area (Å²) in [6.07, 6.45) is 2.51. The topological polar surface area (TPSA) is 58.4 Å². The first-order chi connectivity index (χ1) is 9.08. The minimum atomic E-state index is -0.102. The number of halogens is 1. The van der Waals surface area contributed by atoms with Gasteiger partial charge in [0.2, 0.25) is 0 Å². The lowest BCUT2D eigenvalue weighted by molar-refractivity contribution is 0.0940. The van der Waals surface area contributed by atoms with E-state index < -0.39 is 0 Å². The molecule has 1 aliphatic heterocycles. The number of benzene rings is 1. The van der Waals surface area contributed by atoms with E-state index >= 15 is 0 Å². The van der Waals surface area contributed by atoms with Gasteiger partial charge in [-0.15, -0.1) is 0 Å². The fourth-order valence-corrected chi connectivity index (χ4v) is 2.46. The predicted octanol–water partition coefficient (Wildman–Crippen LogP) is 2.14. The minimum absolute atomic E-state index is 0.102. The van der Waals surface area contributed by atoms with Crippen LogP contribution >= 0.6 is 11.6 Å². The van der Waals surface area contributed by atoms with E-state index in [4.69, 9.17) is 17.3 Å². The van der Waals surface area contributed by atoms with Crippen LogP contribution in [0.4, 0.5) is 5.69 Å². The molecule has 1 unspecified atom stereocenters. The van der Waals surface area contributed by atoms with E-state index in [1.165, 1.54) is 12.8 Å². The van der Waals surface area contributed by atoms with Crippen molar-refractivity contribution in [3.05, 3.63) is 28.8 Å². The number of rotatable bonds is 4. The van der Waals surface area contributed by atoms with Crippen molar-refractivity contribution in [3.63, 3.8) is 0 Å². The monoisotopic (exact) mass is 281 g/mol. The minimum Gasteiger partial charge on any atom is -0.398 e. The number of nitrogens with one attached hydrogen (secondary N) is 1. The van der Waals surface area contributed by atoms with E-state index in [2.05, 4.69) is 17.1 Å². The van der Waals surface area contributed by atoms with Crippen LogP contribution in [-0.2, 0) is 0 Å². The highest BCUT2D eigenvalue weighted by molar-refractivity contribution is 6.33. The molecule has 1 aliphatic rings. The second-order valence-electron chi connectivity index (χ2n) is 5.04. The van der Waals surface area contributed by atoms with Crippen LogP contribution in [-0.4, -0.2) is 36.5 Å². The predicted molar refractivity (Wildman–Crippen MR) is 78.5 cm³/mol. The van der Waals surface area contributed by atoms with Crippen LogP contribution in [0.2, 0.25) is 5.02 Å². The third-order valence-electron chi connectivity index (χ3n) is 3.58. The zero-order chi connectivity index (χ0) is 13.8. The number of likely N-dealkylation sites (tertiary alicyclic amines) is 1. The zero-order valence-electron chi connectivity index (χ0n) is 11.2. The molecule has 2 rings (SSSR count). The zero-order valence-corrected chi connectivity index (χ0v) is 11.9. The number of amides is 1. The largest absolute Gasteiger partial charge is 0.398 e. The molecule has 5 heteroatoms. The van der Waals surface area contributed by atoms with Gasteiger partial charge in [0.05, 0.1) is 10.7 Å². The molecule has 3 N–H and O–H groups in total. The lowest BCUT2D eigenvalue weighted by atomic mass is 10.2. The molecule has 0 spiro atoms. The Bertz CT molecular complexity index is 458. The highest BCUT2D eigenvalue weighted by atomic mass is 35.5. The third kappa shape index (κ3) is 3.61. The molecule has 19 heavy (non-hydrogen) atoms. The lowest BCUT2D eigenvalue weighted by Crippen LogP contribution is -2.40. The molecule has 1 amide bonds. The second kappa shape index (κ2) is 6.26. The van der Waals surface area contributed by atoms with Gasteiger partial charge in [-0.1, -0.05) is 11.6 Å². The van der Waals surface area contributed by atoms with Crippen molar-refractivity contribution in [2.75, 3.05) is 25.4 Å². The molecule has 0 aliphatic carbocycles. The Balaban J connectivity index is 1.88. The van der Waals surface area contributed by atoms with Gasteiger partial charge < -0.3 is 11.1 Å². The quantitative estimate of drug-likeness (QED) is 0.832. The summed E-state index contributed by atoms with van der Waals surface area (Å²) in [5.41, 5.74) is 6.68. The Morgan fingerprint density at radius 3 is 2.79 bits per heavy atom. The summed E-state index contributed by atoms with van der Waals surface area (Å²) in [4.78, 5) is 14.4. The summed E-state index contributed by atoms with van der Waals surface area (Å²) < 4.78 is 0. The summed E-state index contributed by atoms with van der Waals surface area (Å²) in [6, 6.07) is 5.32. The molecular weight excluding hydrogens is 262 g/mol. The Morgan fingerprint density at radius 1 is 1.47 bits per heavy atom. The smallest absolute Gasteiger partial charge is 0.251 e. The fourth-order valence-electron chi connectivity index (χ4n) is 2.34. The molecule has 1 saturated heterocycles. The van der Waals surface area contributed by atoms with Crippen LogP contribution in [0, 0.1) is 0 Å². The number of anilines is 1. The van der Waals surface area contributed by atoms with Gasteiger partial charge in [0.25, 0.3) is 5.91 Å². The maximum Gasteiger partial charge on any atom is 0.251 e. The molecule has 0 saturated carbocycles. The number of nitrogen functional groups attached to an aromatic ring is 1. The van der Waals surface area contributed by atoms with Gasteiger partial charge in [-0.2, -0.15) is 0 Å². The van der Waals surface area contributed by atoms with Gasteiger partial charge >= 0.3 is 0 Å². The average molecular weight is 282 g/mol. The Kier molecular flexibility index (Phi) is 4.66. The summed E-state index contributed by atoms with van der Waals surface area (Å²) in [7, 11) is 0. The number of nitrogens with zero attached hydrogens (tertiary/aromatic N) is 1. The van der Waals surface area contributed by atoms with Crippen LogP contribution in [0.5, 0.6) is 0 Å². The number of carbonyl (C=O) groups is 1. The average Bonchev–Trinajstić information content (AvgIpc) is 2.92. The van der Waals surface area contributed by atoms with Crippen molar-refractivity contribution >= 4 is 23.2 Å². The third-order valence-corrected chi connectivity index (χ3v) is 3.92. The normalized spacial score (nSPS) is 17.4. The summed E-state index contributed by atoms with van der Waals surface area (Å²) in [5, 5.41) is 3.42. The van der Waals surface area contributed by atoms with E-state index in [0.717, 1.165) is 13.1 Å². The molecule has 0 radical (unpaired) electrons. The van der Waals surface area contributed by atoms with Crippen LogP contribution in [0.15, 0.2) is 18.2 Å². The molecule has 1 aromatic carbocycles. The first kappa shape index (κ1) is 14.2. The Morgan fingerprint density at radius 2 is 2.16 bits per heavy atom. The number of nitrogens with two attached hydrogens (primary N) is 1. The molecule has 4 nitrogen and oxygen atoms in total. The maximum atomic E-state index is 12.0. The van der Waals surface area contributed by atoms with Crippen LogP contribution < -0.4 is 11.1 Å². The van der Waals surface area contributed by atoms with Crippen LogP contribution in [0.1, 0.15) is 30.1 Å². The molecular formula is C14H20ClN3O. The van der Waals surface area contributed by atoms with Gasteiger partial charge in [0.15, 0.2) is 0 Å². The van der Waals surface area contributed by atoms with Gasteiger partial charge in [0.1, 0.15) is 0 Å². The van der Waals surface area contributed by atoms with E-state index in [0.29, 0.717) is 28.9 Å². The molecule has 0 bridgehead atoms. The van der Waals surface area contributed by atoms with Crippen molar-refractivity contribution in [2.24, 2.45) is 0 Å². The summed E-state index contributed by atoms with van der Waals surface area (Å²) in [5.74, 6) is -0.102. The van der Waals surface area contributed by atoms with Crippen molar-refractivity contribution in [1.82, 2.24) is 10.2 Å². The first-order valence-electron chi connectivity index (χ1n) is 6.65. The fraction of sp³-hybridized carbons (Fsp3) is 0.500. The van der Waals surface area contributed by atoms with Gasteiger partial charge in [-0.05, 0) is 51.1 Å². The van der Waals surface area contributed by atoms with Gasteiger partial charge in [-0.3, -0.25) is 9.69 Å². The van der Waals surface area contributed by atoms with E-state index in [1.807, 2.05) is 0 Å². The van der Waals surface area contributed by atoms with Crippen molar-refractivity contribution in [2.45, 2.75) is 25.8 Å². The highest BCUT2D eigenvalue weighted by Crippen LogP contribution is 2.19. The Labute approximate surface area is 118 Å². The van der Waals surface area contributed by atoms with Crippen LogP contribution in [0.25, 0.3) is 0 Å². The van der Waals surface area contributed by atoms with E-state index in [1.54, 1.807) is 18.2 Å². The van der Waals surface area contributed by atoms with Crippen molar-refractivity contribution in [1.29, 1.82) is 0 Å². The van der Waals surface area contributed by atoms with Crippen molar-refractivity contribution < 1.29 is 4.79 Å². The Hall–Kier alpha value is -1.26.